The Hall–Kier alpha value is -10.6. The lowest BCUT2D eigenvalue weighted by molar-refractivity contribution is 0.669. The Morgan fingerprint density at radius 3 is 1.12 bits per heavy atom. The minimum Gasteiger partial charge on any atom is -0.456 e. The molecule has 376 valence electrons. The molecule has 4 aromatic heterocycles. The van der Waals surface area contributed by atoms with Crippen LogP contribution in [0.15, 0.2) is 290 Å². The third kappa shape index (κ3) is 6.66. The Morgan fingerprint density at radius 2 is 0.642 bits per heavy atom. The van der Waals surface area contributed by atoms with Gasteiger partial charge in [0.05, 0.1) is 38.8 Å². The molecule has 0 saturated heterocycles. The lowest BCUT2D eigenvalue weighted by Gasteiger charge is -2.28. The maximum absolute atomic E-state index is 6.45. The molecule has 0 radical (unpaired) electrons. The smallest absolute Gasteiger partial charge is 0.230 e. The van der Waals surface area contributed by atoms with Crippen molar-refractivity contribution in [3.05, 3.63) is 291 Å². The van der Waals surface area contributed by atoms with E-state index in [2.05, 4.69) is 304 Å². The molecule has 0 amide bonds. The van der Waals surface area contributed by atoms with Crippen molar-refractivity contribution >= 4 is 133 Å². The normalized spacial score (nSPS) is 12.1. The van der Waals surface area contributed by atoms with Gasteiger partial charge in [-0.25, -0.2) is 0 Å². The Balaban J connectivity index is 0.975. The third-order valence-electron chi connectivity index (χ3n) is 17.1. The Labute approximate surface area is 467 Å². The molecule has 5 heteroatoms. The van der Waals surface area contributed by atoms with Gasteiger partial charge in [-0.2, -0.15) is 0 Å². The maximum atomic E-state index is 6.45. The van der Waals surface area contributed by atoms with E-state index in [9.17, 15) is 0 Å². The molecule has 13 aromatic carbocycles. The van der Waals surface area contributed by atoms with Gasteiger partial charge in [0.15, 0.2) is 0 Å². The molecule has 4 heterocycles. The van der Waals surface area contributed by atoms with E-state index >= 15 is 0 Å². The number of hydrogen-bond donors (Lipinski definition) is 0. The topological polar surface area (TPSA) is 27.9 Å². The number of furan rings is 1. The first-order chi connectivity index (χ1) is 40.2. The first-order valence-electron chi connectivity index (χ1n) is 27.7. The summed E-state index contributed by atoms with van der Waals surface area (Å²) in [5.41, 5.74) is 17.3. The van der Waals surface area contributed by atoms with Crippen molar-refractivity contribution < 1.29 is 4.42 Å². The molecule has 0 N–H and O–H groups in total. The number of para-hydroxylation sites is 5. The van der Waals surface area contributed by atoms with E-state index < -0.39 is 8.07 Å². The van der Waals surface area contributed by atoms with E-state index in [-0.39, 0.29) is 0 Å². The van der Waals surface area contributed by atoms with Crippen LogP contribution in [0.5, 0.6) is 0 Å². The molecule has 0 atom stereocenters. The van der Waals surface area contributed by atoms with Crippen molar-refractivity contribution in [2.24, 2.45) is 0 Å². The van der Waals surface area contributed by atoms with Crippen molar-refractivity contribution in [1.82, 2.24) is 13.7 Å². The zero-order chi connectivity index (χ0) is 53.2. The summed E-state index contributed by atoms with van der Waals surface area (Å²) in [5, 5.41) is 17.6. The molecule has 0 aliphatic heterocycles. The number of hydrogen-bond acceptors (Lipinski definition) is 1. The quantitative estimate of drug-likeness (QED) is 0.0706. The van der Waals surface area contributed by atoms with Crippen LogP contribution < -0.4 is 15.6 Å². The average molecular weight is 1050 g/mol. The van der Waals surface area contributed by atoms with Crippen LogP contribution in [-0.2, 0) is 0 Å². The minimum atomic E-state index is -3.16. The second kappa shape index (κ2) is 17.7. The number of rotatable bonds is 6. The molecule has 0 fully saturated rings. The average Bonchev–Trinajstić information content (AvgIpc) is 4.46. The zero-order valence-electron chi connectivity index (χ0n) is 43.9. The molecule has 0 unspecified atom stereocenters. The molecule has 0 spiro atoms. The van der Waals surface area contributed by atoms with Crippen LogP contribution in [0, 0.1) is 11.5 Å². The van der Waals surface area contributed by atoms with Crippen LogP contribution in [0.2, 0.25) is 0 Å². The highest BCUT2D eigenvalue weighted by atomic mass is 28.3. The van der Waals surface area contributed by atoms with Gasteiger partial charge in [0.2, 0.25) is 8.07 Å². The molecule has 0 saturated carbocycles. The summed E-state index contributed by atoms with van der Waals surface area (Å²) in [6.45, 7) is 0. The number of fused-ring (bicyclic) bond motifs is 14. The van der Waals surface area contributed by atoms with Crippen LogP contribution in [0.3, 0.4) is 0 Å². The van der Waals surface area contributed by atoms with Crippen LogP contribution in [0.4, 0.5) is 0 Å². The molecule has 81 heavy (non-hydrogen) atoms. The van der Waals surface area contributed by atoms with Gasteiger partial charge in [0.25, 0.3) is 0 Å². The van der Waals surface area contributed by atoms with Crippen LogP contribution in [0.25, 0.3) is 126 Å². The van der Waals surface area contributed by atoms with E-state index in [0.717, 1.165) is 77.1 Å². The number of nitrogens with zero attached hydrogens (tertiary/aromatic N) is 3. The van der Waals surface area contributed by atoms with Gasteiger partial charge in [-0.05, 0) is 82.3 Å². The molecule has 17 rings (SSSR count). The van der Waals surface area contributed by atoms with Gasteiger partial charge in [-0.1, -0.05) is 224 Å². The molecular formula is C76H47N3OSi. The molecule has 0 aliphatic carbocycles. The first kappa shape index (κ1) is 45.4. The van der Waals surface area contributed by atoms with Crippen LogP contribution in [0.1, 0.15) is 5.56 Å². The first-order valence-corrected chi connectivity index (χ1v) is 29.7. The van der Waals surface area contributed by atoms with Gasteiger partial charge in [-0.15, -0.1) is 5.54 Å². The fraction of sp³-hybridized carbons (Fsp3) is 0. The van der Waals surface area contributed by atoms with Crippen molar-refractivity contribution in [3.63, 3.8) is 0 Å². The number of aromatic nitrogens is 3. The van der Waals surface area contributed by atoms with E-state index in [0.29, 0.717) is 0 Å². The highest BCUT2D eigenvalue weighted by Gasteiger charge is 2.39. The summed E-state index contributed by atoms with van der Waals surface area (Å²) in [4.78, 5) is 0. The van der Waals surface area contributed by atoms with Gasteiger partial charge < -0.3 is 18.1 Å². The summed E-state index contributed by atoms with van der Waals surface area (Å²) in [5.74, 6) is 4.09. The second-order valence-corrected chi connectivity index (χ2v) is 24.8. The standard InChI is InChI=1S/C76H47N3OSi/c1-3-21-52(22-4-1)81(53-23-5-2-6-24-53,54-41-44-75-67(49-54)64-31-15-20-38-74(64)80-75)46-45-57-55-25-7-9-32-65(55)76(66-33-10-8-26-56(57)66)79-72-47-50(77-68-34-16-11-27-58(68)59-28-12-17-35-69(59)77)39-42-62(72)63-43-40-51(48-73(63)79)78-70-36-18-13-29-60(70)61-30-14-19-37-71(61)78/h1-44,47-49H. The fourth-order valence-corrected chi connectivity index (χ4v) is 17.4. The molecule has 4 nitrogen and oxygen atoms in total. The zero-order valence-corrected chi connectivity index (χ0v) is 44.9. The predicted molar refractivity (Wildman–Crippen MR) is 343 cm³/mol. The van der Waals surface area contributed by atoms with Crippen molar-refractivity contribution in [1.29, 1.82) is 0 Å². The number of benzene rings is 13. The minimum absolute atomic E-state index is 0.874. The highest BCUT2D eigenvalue weighted by molar-refractivity contribution is 7.17. The van der Waals surface area contributed by atoms with E-state index in [1.807, 2.05) is 6.07 Å². The van der Waals surface area contributed by atoms with Gasteiger partial charge >= 0.3 is 0 Å². The van der Waals surface area contributed by atoms with Gasteiger partial charge in [0.1, 0.15) is 11.2 Å². The Morgan fingerprint density at radius 1 is 0.259 bits per heavy atom. The van der Waals surface area contributed by atoms with Crippen molar-refractivity contribution in [2.45, 2.75) is 0 Å². The summed E-state index contributed by atoms with van der Waals surface area (Å²) >= 11 is 0. The monoisotopic (exact) mass is 1050 g/mol. The van der Waals surface area contributed by atoms with Gasteiger partial charge in [0, 0.05) is 81.6 Å². The van der Waals surface area contributed by atoms with Crippen molar-refractivity contribution in [2.75, 3.05) is 0 Å². The largest absolute Gasteiger partial charge is 0.456 e. The summed E-state index contributed by atoms with van der Waals surface area (Å²) < 4.78 is 13.9. The van der Waals surface area contributed by atoms with Crippen LogP contribution >= 0.6 is 0 Å². The fourth-order valence-electron chi connectivity index (χ4n) is 13.6. The van der Waals surface area contributed by atoms with E-state index in [1.165, 1.54) is 69.9 Å². The lowest BCUT2D eigenvalue weighted by atomic mass is 9.94. The third-order valence-corrected chi connectivity index (χ3v) is 21.2. The van der Waals surface area contributed by atoms with Crippen molar-refractivity contribution in [3.8, 4) is 28.5 Å². The Kier molecular flexibility index (Phi) is 9.91. The van der Waals surface area contributed by atoms with Crippen LogP contribution in [-0.4, -0.2) is 21.8 Å². The summed E-state index contributed by atoms with van der Waals surface area (Å²) in [7, 11) is -3.16. The summed E-state index contributed by atoms with van der Waals surface area (Å²) in [6, 6.07) is 104. The van der Waals surface area contributed by atoms with E-state index in [4.69, 9.17) is 4.42 Å². The lowest BCUT2D eigenvalue weighted by Crippen LogP contribution is -2.66. The predicted octanol–water partition coefficient (Wildman–Crippen LogP) is 17.2. The summed E-state index contributed by atoms with van der Waals surface area (Å²) in [6.07, 6.45) is 0. The molecule has 0 aliphatic rings. The molecule has 0 bridgehead atoms. The molecule has 17 aromatic rings. The Bertz CT molecular complexity index is 5120. The van der Waals surface area contributed by atoms with E-state index in [1.54, 1.807) is 0 Å². The second-order valence-electron chi connectivity index (χ2n) is 21.3. The molecular weight excluding hydrogens is 999 g/mol. The maximum Gasteiger partial charge on any atom is 0.230 e. The SMILES string of the molecule is C(#C[Si](c1ccccc1)(c1ccccc1)c1ccc2oc3ccccc3c2c1)c1c2ccccc2c(-n2c3cc(-n4c5ccccc5c5ccccc54)ccc3c3ccc(-n4c5ccccc5c5ccccc54)cc32)c2ccccc12. The van der Waals surface area contributed by atoms with Gasteiger partial charge in [-0.3, -0.25) is 0 Å². The highest BCUT2D eigenvalue weighted by Crippen LogP contribution is 2.44.